The lowest BCUT2D eigenvalue weighted by atomic mass is 10.2. The number of anilines is 1. The molecule has 0 atom stereocenters. The van der Waals surface area contributed by atoms with Crippen LogP contribution in [0.25, 0.3) is 0 Å². The van der Waals surface area contributed by atoms with Crippen molar-refractivity contribution in [3.05, 3.63) is 53.2 Å². The van der Waals surface area contributed by atoms with Crippen LogP contribution in [0.15, 0.2) is 47.5 Å². The van der Waals surface area contributed by atoms with Gasteiger partial charge in [-0.25, -0.2) is 4.79 Å². The number of aromatic nitrogens is 2. The average molecular weight is 343 g/mol. The number of benzene rings is 1. The number of carbonyl (C=O) groups excluding carboxylic acids is 1. The molecule has 7 heteroatoms. The van der Waals surface area contributed by atoms with Crippen LogP contribution in [0, 0.1) is 0 Å². The fraction of sp³-hybridized carbons (Fsp3) is 0.444. The summed E-state index contributed by atoms with van der Waals surface area (Å²) in [6.45, 7) is 5.56. The first kappa shape index (κ1) is 17.4. The van der Waals surface area contributed by atoms with E-state index in [9.17, 15) is 9.59 Å². The minimum absolute atomic E-state index is 0.0619. The molecule has 1 aromatic heterocycles. The number of H-pyrrole nitrogens is 1. The molecule has 1 amide bonds. The highest BCUT2D eigenvalue weighted by Gasteiger charge is 2.20. The molecule has 1 aliphatic heterocycles. The monoisotopic (exact) mass is 343 g/mol. The van der Waals surface area contributed by atoms with E-state index < -0.39 is 0 Å². The molecule has 1 saturated heterocycles. The molecule has 2 heterocycles. The number of nitrogens with one attached hydrogen (secondary N) is 1. The van der Waals surface area contributed by atoms with Crippen molar-refractivity contribution in [1.82, 2.24) is 19.4 Å². The van der Waals surface area contributed by atoms with Gasteiger partial charge in [-0.15, -0.1) is 0 Å². The standard InChI is InChI=1S/C18H25N5O2/c1-20(16-5-3-2-4-6-16)17(24)15-22-11-9-21(10-12-22)13-14-23-8-7-19-18(23)25/h2-8H,9-15H2,1H3,(H,19,25). The largest absolute Gasteiger partial charge is 0.325 e. The fourth-order valence-electron chi connectivity index (χ4n) is 3.04. The second kappa shape index (κ2) is 8.13. The third-order valence-electron chi connectivity index (χ3n) is 4.72. The Kier molecular flexibility index (Phi) is 5.67. The summed E-state index contributed by atoms with van der Waals surface area (Å²) in [5.41, 5.74) is 0.858. The van der Waals surface area contributed by atoms with Gasteiger partial charge in [-0.3, -0.25) is 19.2 Å². The van der Waals surface area contributed by atoms with E-state index >= 15 is 0 Å². The van der Waals surface area contributed by atoms with Crippen LogP contribution in [0.2, 0.25) is 0 Å². The van der Waals surface area contributed by atoms with Crippen LogP contribution >= 0.6 is 0 Å². The quantitative estimate of drug-likeness (QED) is 0.828. The van der Waals surface area contributed by atoms with Crippen LogP contribution in [0.1, 0.15) is 0 Å². The van der Waals surface area contributed by atoms with Crippen LogP contribution in [0.4, 0.5) is 5.69 Å². The maximum atomic E-state index is 12.4. The molecule has 0 unspecified atom stereocenters. The highest BCUT2D eigenvalue weighted by atomic mass is 16.2. The molecule has 134 valence electrons. The van der Waals surface area contributed by atoms with Crippen molar-refractivity contribution in [3.63, 3.8) is 0 Å². The van der Waals surface area contributed by atoms with Gasteiger partial charge in [-0.2, -0.15) is 0 Å². The SMILES string of the molecule is CN(C(=O)CN1CCN(CCn2cc[nH]c2=O)CC1)c1ccccc1. The summed E-state index contributed by atoms with van der Waals surface area (Å²) in [4.78, 5) is 32.8. The molecule has 0 radical (unpaired) electrons. The molecule has 1 aromatic carbocycles. The molecule has 0 spiro atoms. The molecule has 1 fully saturated rings. The summed E-state index contributed by atoms with van der Waals surface area (Å²) in [6.07, 6.45) is 3.44. The number of para-hydroxylation sites is 1. The van der Waals surface area contributed by atoms with Crippen molar-refractivity contribution in [2.45, 2.75) is 6.54 Å². The highest BCUT2D eigenvalue weighted by molar-refractivity contribution is 5.94. The number of hydrogen-bond donors (Lipinski definition) is 1. The predicted molar refractivity (Wildman–Crippen MR) is 97.8 cm³/mol. The van der Waals surface area contributed by atoms with Gasteiger partial charge in [0.15, 0.2) is 0 Å². The zero-order valence-corrected chi connectivity index (χ0v) is 14.6. The van der Waals surface area contributed by atoms with E-state index in [-0.39, 0.29) is 11.6 Å². The number of imidazole rings is 1. The number of hydrogen-bond acceptors (Lipinski definition) is 4. The first-order chi connectivity index (χ1) is 12.1. The number of piperazine rings is 1. The van der Waals surface area contributed by atoms with E-state index in [1.165, 1.54) is 0 Å². The second-order valence-electron chi connectivity index (χ2n) is 6.36. The Bertz CT molecular complexity index is 731. The van der Waals surface area contributed by atoms with Crippen LogP contribution in [0.3, 0.4) is 0 Å². The molecule has 0 bridgehead atoms. The first-order valence-corrected chi connectivity index (χ1v) is 8.63. The van der Waals surface area contributed by atoms with Gasteiger partial charge in [0.1, 0.15) is 0 Å². The van der Waals surface area contributed by atoms with Crippen molar-refractivity contribution >= 4 is 11.6 Å². The summed E-state index contributed by atoms with van der Waals surface area (Å²) >= 11 is 0. The Hall–Kier alpha value is -2.38. The molecule has 25 heavy (non-hydrogen) atoms. The zero-order chi connectivity index (χ0) is 17.6. The Labute approximate surface area is 147 Å². The van der Waals surface area contributed by atoms with Crippen LogP contribution in [-0.4, -0.2) is 71.6 Å². The lowest BCUT2D eigenvalue weighted by molar-refractivity contribution is -0.119. The Morgan fingerprint density at radius 1 is 1.08 bits per heavy atom. The summed E-state index contributed by atoms with van der Waals surface area (Å²) < 4.78 is 1.69. The third kappa shape index (κ3) is 4.58. The van der Waals surface area contributed by atoms with Gasteiger partial charge in [-0.1, -0.05) is 18.2 Å². The summed E-state index contributed by atoms with van der Waals surface area (Å²) in [7, 11) is 1.82. The summed E-state index contributed by atoms with van der Waals surface area (Å²) in [5.74, 6) is 0.110. The normalized spacial score (nSPS) is 16.0. The van der Waals surface area contributed by atoms with Gasteiger partial charge >= 0.3 is 5.69 Å². The highest BCUT2D eigenvalue weighted by Crippen LogP contribution is 2.12. The number of rotatable bonds is 6. The lowest BCUT2D eigenvalue weighted by Gasteiger charge is -2.35. The van der Waals surface area contributed by atoms with E-state index in [4.69, 9.17) is 0 Å². The second-order valence-corrected chi connectivity index (χ2v) is 6.36. The minimum Gasteiger partial charge on any atom is -0.314 e. The first-order valence-electron chi connectivity index (χ1n) is 8.63. The third-order valence-corrected chi connectivity index (χ3v) is 4.72. The number of likely N-dealkylation sites (N-methyl/N-ethyl adjacent to an activating group) is 1. The molecule has 0 aliphatic carbocycles. The van der Waals surface area contributed by atoms with Crippen LogP contribution in [-0.2, 0) is 11.3 Å². The summed E-state index contributed by atoms with van der Waals surface area (Å²) in [5, 5.41) is 0. The van der Waals surface area contributed by atoms with Gasteiger partial charge in [0, 0.05) is 64.4 Å². The van der Waals surface area contributed by atoms with Crippen LogP contribution in [0.5, 0.6) is 0 Å². The number of amides is 1. The molecule has 1 N–H and O–H groups in total. The minimum atomic E-state index is -0.0619. The van der Waals surface area contributed by atoms with E-state index in [0.717, 1.165) is 38.4 Å². The van der Waals surface area contributed by atoms with E-state index in [1.807, 2.05) is 37.4 Å². The molecule has 3 rings (SSSR count). The van der Waals surface area contributed by atoms with Crippen molar-refractivity contribution in [2.75, 3.05) is 51.2 Å². The van der Waals surface area contributed by atoms with Crippen molar-refractivity contribution in [3.8, 4) is 0 Å². The fourth-order valence-corrected chi connectivity index (χ4v) is 3.04. The Morgan fingerprint density at radius 2 is 1.76 bits per heavy atom. The van der Waals surface area contributed by atoms with Gasteiger partial charge in [0.25, 0.3) is 0 Å². The number of aromatic amines is 1. The summed E-state index contributed by atoms with van der Waals surface area (Å²) in [6, 6.07) is 9.71. The van der Waals surface area contributed by atoms with Gasteiger partial charge in [0.05, 0.1) is 6.54 Å². The molecule has 7 nitrogen and oxygen atoms in total. The maximum Gasteiger partial charge on any atom is 0.325 e. The average Bonchev–Trinajstić information content (AvgIpc) is 3.06. The Morgan fingerprint density at radius 3 is 2.40 bits per heavy atom. The Balaban J connectivity index is 1.42. The molecule has 1 aliphatic rings. The van der Waals surface area contributed by atoms with Gasteiger partial charge < -0.3 is 9.88 Å². The number of carbonyl (C=O) groups is 1. The lowest BCUT2D eigenvalue weighted by Crippen LogP contribution is -2.50. The van der Waals surface area contributed by atoms with Crippen molar-refractivity contribution < 1.29 is 4.79 Å². The van der Waals surface area contributed by atoms with E-state index in [0.29, 0.717) is 13.1 Å². The van der Waals surface area contributed by atoms with Crippen molar-refractivity contribution in [2.24, 2.45) is 0 Å². The van der Waals surface area contributed by atoms with E-state index in [1.54, 1.807) is 21.9 Å². The molecular formula is C18H25N5O2. The zero-order valence-electron chi connectivity index (χ0n) is 14.6. The molecule has 0 saturated carbocycles. The van der Waals surface area contributed by atoms with Gasteiger partial charge in [-0.05, 0) is 12.1 Å². The van der Waals surface area contributed by atoms with Gasteiger partial charge in [0.2, 0.25) is 5.91 Å². The molecular weight excluding hydrogens is 318 g/mol. The van der Waals surface area contributed by atoms with Crippen LogP contribution < -0.4 is 10.6 Å². The predicted octanol–water partition coefficient (Wildman–Crippen LogP) is 0.457. The number of nitrogens with zero attached hydrogens (tertiary/aromatic N) is 4. The molecule has 2 aromatic rings. The van der Waals surface area contributed by atoms with Crippen molar-refractivity contribution in [1.29, 1.82) is 0 Å². The van der Waals surface area contributed by atoms with E-state index in [2.05, 4.69) is 14.8 Å². The smallest absolute Gasteiger partial charge is 0.314 e. The maximum absolute atomic E-state index is 12.4. The topological polar surface area (TPSA) is 64.6 Å².